The molecule has 0 fully saturated rings. The van der Waals surface area contributed by atoms with E-state index in [0.29, 0.717) is 0 Å². The number of hydrogen-bond acceptors (Lipinski definition) is 5. The summed E-state index contributed by atoms with van der Waals surface area (Å²) >= 11 is 0. The maximum Gasteiger partial charge on any atom is 0.338 e. The lowest BCUT2D eigenvalue weighted by atomic mass is 9.79. The molecule has 0 bridgehead atoms. The van der Waals surface area contributed by atoms with Crippen LogP contribution in [0.25, 0.3) is 0 Å². The number of hydrogen-bond donors (Lipinski definition) is 1. The molecule has 0 aromatic carbocycles. The van der Waals surface area contributed by atoms with Crippen LogP contribution in [-0.4, -0.2) is 45.1 Å². The molecule has 20 heavy (non-hydrogen) atoms. The predicted molar refractivity (Wildman–Crippen MR) is 80.5 cm³/mol. The molecule has 0 aliphatic carbocycles. The summed E-state index contributed by atoms with van der Waals surface area (Å²) in [7, 11) is 0.273. The topological polar surface area (TPSA) is 72.8 Å². The van der Waals surface area contributed by atoms with Crippen molar-refractivity contribution in [2.24, 2.45) is 5.92 Å². The number of carbonyl (C=O) groups is 2. The van der Waals surface area contributed by atoms with Gasteiger partial charge in [-0.3, -0.25) is 4.79 Å². The number of aliphatic hydroxyl groups is 1. The zero-order valence-electron chi connectivity index (χ0n) is 13.8. The van der Waals surface area contributed by atoms with E-state index in [4.69, 9.17) is 9.47 Å². The van der Waals surface area contributed by atoms with Crippen LogP contribution in [0.3, 0.4) is 0 Å². The van der Waals surface area contributed by atoms with Crippen LogP contribution in [0.1, 0.15) is 48.5 Å². The summed E-state index contributed by atoms with van der Waals surface area (Å²) in [5, 5.41) is 9.42. The summed E-state index contributed by atoms with van der Waals surface area (Å²) in [5.74, 6) is -1.56. The number of carbonyl (C=O) groups excluding carboxylic acids is 2. The van der Waals surface area contributed by atoms with Gasteiger partial charge in [-0.25, -0.2) is 4.79 Å². The van der Waals surface area contributed by atoms with Crippen molar-refractivity contribution >= 4 is 22.2 Å². The highest BCUT2D eigenvalue weighted by molar-refractivity contribution is 6.30. The molecule has 0 aromatic rings. The quantitative estimate of drug-likeness (QED) is 0.581. The first kappa shape index (κ1) is 19.1. The third-order valence-electron chi connectivity index (χ3n) is 3.67. The van der Waals surface area contributed by atoms with E-state index in [0.717, 1.165) is 0 Å². The zero-order chi connectivity index (χ0) is 16.3. The van der Waals surface area contributed by atoms with Crippen LogP contribution in [0.2, 0.25) is 5.04 Å². The number of esters is 2. The summed E-state index contributed by atoms with van der Waals surface area (Å²) in [6.45, 7) is 11.8. The van der Waals surface area contributed by atoms with E-state index in [9.17, 15) is 14.7 Å². The summed E-state index contributed by atoms with van der Waals surface area (Å²) in [6.07, 6.45) is -0.653. The Morgan fingerprint density at radius 1 is 0.950 bits per heavy atom. The fraction of sp³-hybridized carbons (Fsp3) is 0.857. The third-order valence-corrected chi connectivity index (χ3v) is 6.21. The first-order valence-electron chi connectivity index (χ1n) is 7.01. The molecule has 118 valence electrons. The molecule has 2 unspecified atom stereocenters. The van der Waals surface area contributed by atoms with Crippen molar-refractivity contribution in [2.45, 2.75) is 71.3 Å². The van der Waals surface area contributed by atoms with Gasteiger partial charge in [-0.1, -0.05) is 13.8 Å². The monoisotopic (exact) mass is 304 g/mol. The smallest absolute Gasteiger partial charge is 0.338 e. The van der Waals surface area contributed by atoms with Crippen LogP contribution >= 0.6 is 0 Å². The van der Waals surface area contributed by atoms with Gasteiger partial charge in [0.2, 0.25) is 0 Å². The average Bonchev–Trinajstić information content (AvgIpc) is 2.24. The summed E-state index contributed by atoms with van der Waals surface area (Å²) in [6, 6.07) is 0. The van der Waals surface area contributed by atoms with Crippen LogP contribution in [0.4, 0.5) is 0 Å². The van der Waals surface area contributed by atoms with Gasteiger partial charge < -0.3 is 14.6 Å². The Kier molecular flexibility index (Phi) is 6.42. The van der Waals surface area contributed by atoms with Crippen molar-refractivity contribution in [1.29, 1.82) is 0 Å². The maximum atomic E-state index is 12.4. The van der Waals surface area contributed by atoms with Crippen molar-refractivity contribution in [3.63, 3.8) is 0 Å². The first-order valence-corrected chi connectivity index (χ1v) is 8.01. The average molecular weight is 304 g/mol. The Morgan fingerprint density at radius 3 is 1.60 bits per heavy atom. The van der Waals surface area contributed by atoms with E-state index in [1.807, 2.05) is 0 Å². The van der Waals surface area contributed by atoms with Crippen molar-refractivity contribution in [1.82, 2.24) is 0 Å². The second kappa shape index (κ2) is 6.71. The van der Waals surface area contributed by atoms with Gasteiger partial charge in [-0.15, -0.1) is 0 Å². The molecule has 0 aliphatic heterocycles. The van der Waals surface area contributed by atoms with E-state index in [1.165, 1.54) is 6.92 Å². The molecule has 2 atom stereocenters. The SMILES string of the molecule is CC(C)OC(=O)C(C)(O)C([SiH3])(C(=O)OC(C)C)C(C)C. The Balaban J connectivity index is 5.54. The van der Waals surface area contributed by atoms with Crippen LogP contribution < -0.4 is 0 Å². The molecular weight excluding hydrogens is 276 g/mol. The van der Waals surface area contributed by atoms with Gasteiger partial charge in [-0.2, -0.15) is 0 Å². The van der Waals surface area contributed by atoms with Gasteiger partial charge in [0, 0.05) is 10.2 Å². The molecule has 6 heteroatoms. The molecule has 0 aliphatic rings. The molecule has 1 N–H and O–H groups in total. The van der Waals surface area contributed by atoms with Gasteiger partial charge in [0.15, 0.2) is 5.60 Å². The van der Waals surface area contributed by atoms with Crippen molar-refractivity contribution in [2.75, 3.05) is 0 Å². The molecule has 0 saturated heterocycles. The van der Waals surface area contributed by atoms with E-state index >= 15 is 0 Å². The number of ether oxygens (including phenoxy) is 2. The van der Waals surface area contributed by atoms with Crippen LogP contribution in [0.15, 0.2) is 0 Å². The van der Waals surface area contributed by atoms with E-state index < -0.39 is 22.6 Å². The standard InChI is InChI=1S/C14H28O5Si/c1-8(2)14(20,12(16)19-10(5)6)13(7,17)11(15)18-9(3)4/h8-10,17H,1-7,20H3. The molecule has 5 nitrogen and oxygen atoms in total. The van der Waals surface area contributed by atoms with Crippen molar-refractivity contribution in [3.8, 4) is 0 Å². The first-order chi connectivity index (χ1) is 8.87. The van der Waals surface area contributed by atoms with E-state index in [1.54, 1.807) is 41.5 Å². The lowest BCUT2D eigenvalue weighted by Crippen LogP contribution is -2.56. The third kappa shape index (κ3) is 3.82. The Morgan fingerprint density at radius 2 is 1.30 bits per heavy atom. The van der Waals surface area contributed by atoms with Gasteiger partial charge in [0.25, 0.3) is 0 Å². The lowest BCUT2D eigenvalue weighted by Gasteiger charge is -2.42. The molecule has 0 rings (SSSR count). The van der Waals surface area contributed by atoms with Crippen molar-refractivity contribution in [3.05, 3.63) is 0 Å². The summed E-state index contributed by atoms with van der Waals surface area (Å²) in [5.41, 5.74) is -1.90. The Bertz CT molecular complexity index is 363. The second-order valence-corrected chi connectivity index (χ2v) is 7.91. The Labute approximate surface area is 124 Å². The van der Waals surface area contributed by atoms with Crippen molar-refractivity contribution < 1.29 is 24.2 Å². The molecule has 0 heterocycles. The second-order valence-electron chi connectivity index (χ2n) is 6.34. The molecular formula is C14H28O5Si. The minimum Gasteiger partial charge on any atom is -0.463 e. The fourth-order valence-electron chi connectivity index (χ4n) is 1.87. The zero-order valence-corrected chi connectivity index (χ0v) is 15.8. The van der Waals surface area contributed by atoms with Gasteiger partial charge in [-0.05, 0) is 40.5 Å². The normalized spacial score (nSPS) is 17.9. The summed E-state index contributed by atoms with van der Waals surface area (Å²) in [4.78, 5) is 24.6. The lowest BCUT2D eigenvalue weighted by molar-refractivity contribution is -0.184. The minimum atomic E-state index is -1.90. The minimum absolute atomic E-state index is 0.241. The Hall–Kier alpha value is -0.883. The molecule has 0 radical (unpaired) electrons. The van der Waals surface area contributed by atoms with Gasteiger partial charge >= 0.3 is 11.9 Å². The van der Waals surface area contributed by atoms with Crippen LogP contribution in [0.5, 0.6) is 0 Å². The summed E-state index contributed by atoms with van der Waals surface area (Å²) < 4.78 is 10.3. The number of rotatable bonds is 6. The van der Waals surface area contributed by atoms with E-state index in [2.05, 4.69) is 0 Å². The molecule has 0 saturated carbocycles. The molecule has 0 aromatic heterocycles. The van der Waals surface area contributed by atoms with Crippen LogP contribution in [0, 0.1) is 5.92 Å². The highest BCUT2D eigenvalue weighted by Gasteiger charge is 2.58. The van der Waals surface area contributed by atoms with E-state index in [-0.39, 0.29) is 28.4 Å². The molecule has 0 spiro atoms. The maximum absolute atomic E-state index is 12.4. The highest BCUT2D eigenvalue weighted by atomic mass is 28.1. The largest absolute Gasteiger partial charge is 0.463 e. The van der Waals surface area contributed by atoms with Gasteiger partial charge in [0.1, 0.15) is 0 Å². The predicted octanol–water partition coefficient (Wildman–Crippen LogP) is 0.821. The fourth-order valence-corrected chi connectivity index (χ4v) is 2.20. The highest BCUT2D eigenvalue weighted by Crippen LogP contribution is 2.45. The van der Waals surface area contributed by atoms with Gasteiger partial charge in [0.05, 0.1) is 17.2 Å². The molecule has 0 amide bonds. The van der Waals surface area contributed by atoms with Crippen LogP contribution in [-0.2, 0) is 19.1 Å².